The first-order valence-corrected chi connectivity index (χ1v) is 16.6. The number of methoxy groups -OCH3 is 1. The minimum Gasteiger partial charge on any atom is -0.458 e. The molecule has 0 aromatic rings. The molecule has 0 radical (unpaired) electrons. The lowest BCUT2D eigenvalue weighted by atomic mass is 9.96. The Bertz CT molecular complexity index is 721. The highest BCUT2D eigenvalue weighted by Crippen LogP contribution is 2.36. The lowest BCUT2D eigenvalue weighted by molar-refractivity contribution is -0.144. The third-order valence-electron chi connectivity index (χ3n) is 6.35. The van der Waals surface area contributed by atoms with Crippen LogP contribution < -0.4 is 0 Å². The van der Waals surface area contributed by atoms with Gasteiger partial charge in [-0.2, -0.15) is 0 Å². The molecule has 0 heterocycles. The van der Waals surface area contributed by atoms with Crippen LogP contribution in [0.15, 0.2) is 46.1 Å². The zero-order chi connectivity index (χ0) is 27.1. The molecule has 0 saturated heterocycles. The first kappa shape index (κ1) is 34.3. The van der Waals surface area contributed by atoms with Crippen molar-refractivity contribution in [3.8, 4) is 0 Å². The molecule has 0 unspecified atom stereocenters. The van der Waals surface area contributed by atoms with E-state index in [1.807, 2.05) is 10.2 Å². The van der Waals surface area contributed by atoms with Gasteiger partial charge in [-0.15, -0.1) is 6.58 Å². The fraction of sp³-hybridized carbons (Fsp3) is 0.679. The number of hydrogen-bond acceptors (Lipinski definition) is 5. The van der Waals surface area contributed by atoms with Crippen molar-refractivity contribution in [3.05, 3.63) is 46.1 Å². The molecule has 5 nitrogen and oxygen atoms in total. The zero-order valence-corrected chi connectivity index (χ0v) is 26.6. The highest BCUT2D eigenvalue weighted by atomic mass is 127. The maximum absolute atomic E-state index is 12.5. The van der Waals surface area contributed by atoms with Gasteiger partial charge in [0.25, 0.3) is 0 Å². The average molecular weight is 621 g/mol. The highest BCUT2D eigenvalue weighted by Gasteiger charge is 2.37. The Hall–Kier alpha value is -0.743. The molecule has 3 atom stereocenters. The fourth-order valence-corrected chi connectivity index (χ4v) is 4.32. The summed E-state index contributed by atoms with van der Waals surface area (Å²) in [7, 11) is -0.210. The van der Waals surface area contributed by atoms with E-state index < -0.39 is 8.32 Å². The van der Waals surface area contributed by atoms with Crippen LogP contribution in [0, 0.1) is 5.92 Å². The average Bonchev–Trinajstić information content (AvgIpc) is 2.78. The van der Waals surface area contributed by atoms with Crippen molar-refractivity contribution < 1.29 is 23.4 Å². The number of carbonyl (C=O) groups is 1. The molecule has 0 aliphatic carbocycles. The second-order valence-electron chi connectivity index (χ2n) is 10.7. The van der Waals surface area contributed by atoms with E-state index in [4.69, 9.17) is 18.6 Å². The summed E-state index contributed by atoms with van der Waals surface area (Å²) in [6, 6.07) is 0. The van der Waals surface area contributed by atoms with Gasteiger partial charge in [0.1, 0.15) is 12.9 Å². The van der Waals surface area contributed by atoms with Crippen molar-refractivity contribution in [3.63, 3.8) is 0 Å². The van der Waals surface area contributed by atoms with Crippen molar-refractivity contribution in [1.29, 1.82) is 0 Å². The van der Waals surface area contributed by atoms with E-state index in [0.717, 1.165) is 19.3 Å². The molecule has 35 heavy (non-hydrogen) atoms. The number of ether oxygens (including phenoxy) is 3. The third-order valence-corrected chi connectivity index (χ3v) is 11.9. The van der Waals surface area contributed by atoms with Crippen LogP contribution in [0.2, 0.25) is 18.1 Å². The van der Waals surface area contributed by atoms with Crippen LogP contribution in [0.5, 0.6) is 0 Å². The number of hydrogen-bond donors (Lipinski definition) is 0. The van der Waals surface area contributed by atoms with Crippen LogP contribution in [0.3, 0.4) is 0 Å². The van der Waals surface area contributed by atoms with Crippen molar-refractivity contribution in [2.45, 2.75) is 97.6 Å². The molecule has 0 rings (SSSR count). The van der Waals surface area contributed by atoms with E-state index in [9.17, 15) is 4.79 Å². The molecule has 7 heteroatoms. The minimum absolute atomic E-state index is 0.0424. The summed E-state index contributed by atoms with van der Waals surface area (Å²) in [6.45, 7) is 22.2. The van der Waals surface area contributed by atoms with Crippen molar-refractivity contribution in [2.75, 3.05) is 20.5 Å². The summed E-state index contributed by atoms with van der Waals surface area (Å²) in [5, 5.41) is 0.176. The Morgan fingerprint density at radius 1 is 1.17 bits per heavy atom. The summed E-state index contributed by atoms with van der Waals surface area (Å²) < 4.78 is 24.7. The second kappa shape index (κ2) is 17.7. The maximum Gasteiger partial charge on any atom is 0.330 e. The largest absolute Gasteiger partial charge is 0.458 e. The van der Waals surface area contributed by atoms with Gasteiger partial charge in [-0.05, 0) is 55.3 Å². The molecule has 202 valence electrons. The molecule has 0 aromatic heterocycles. The Morgan fingerprint density at radius 2 is 1.83 bits per heavy atom. The predicted molar refractivity (Wildman–Crippen MR) is 158 cm³/mol. The third kappa shape index (κ3) is 15.2. The number of carbonyl (C=O) groups excluding carboxylic acids is 1. The molecule has 0 aliphatic heterocycles. The lowest BCUT2D eigenvalue weighted by Crippen LogP contribution is -2.41. The SMILES string of the molecule is C=C[C@@H](CCC/C=C/C(=O)O[C@H](C/C(C)=C/I)[C@H](C)/C=C(\C)CO[Si](C)(C)C(C)(C)C)OCOC. The van der Waals surface area contributed by atoms with E-state index in [0.29, 0.717) is 13.0 Å². The summed E-state index contributed by atoms with van der Waals surface area (Å²) in [5.74, 6) is -0.226. The number of unbranched alkanes of at least 4 members (excludes halogenated alkanes) is 1. The van der Waals surface area contributed by atoms with Crippen LogP contribution >= 0.6 is 22.6 Å². The second-order valence-corrected chi connectivity index (χ2v) is 16.2. The first-order chi connectivity index (χ1) is 16.3. The van der Waals surface area contributed by atoms with Crippen LogP contribution in [0.1, 0.15) is 67.2 Å². The van der Waals surface area contributed by atoms with Gasteiger partial charge in [-0.25, -0.2) is 4.79 Å². The van der Waals surface area contributed by atoms with Gasteiger partial charge in [0.05, 0.1) is 12.7 Å². The Labute approximate surface area is 229 Å². The van der Waals surface area contributed by atoms with E-state index in [-0.39, 0.29) is 35.9 Å². The standard InChI is InChI=1S/C28H49IO5Si/c1-11-25(32-21-31-8)15-13-12-14-16-27(30)34-26(18-22(2)19-29)24(4)17-23(3)20-33-35(9,10)28(5,6)7/h11,14,16-17,19,24-26H,1,12-13,15,18,20-21H2,2-10H3/b16-14+,22-19+,23-17+/t24-,25+,26-/m1/s1. The lowest BCUT2D eigenvalue weighted by Gasteiger charge is -2.36. The minimum atomic E-state index is -1.81. The summed E-state index contributed by atoms with van der Waals surface area (Å²) in [6.07, 6.45) is 10.3. The van der Waals surface area contributed by atoms with E-state index in [2.05, 4.69) is 89.9 Å². The van der Waals surface area contributed by atoms with Gasteiger partial charge in [0, 0.05) is 25.5 Å². The van der Waals surface area contributed by atoms with E-state index in [1.165, 1.54) is 11.1 Å². The van der Waals surface area contributed by atoms with E-state index in [1.54, 1.807) is 19.3 Å². The first-order valence-electron chi connectivity index (χ1n) is 12.4. The van der Waals surface area contributed by atoms with Crippen molar-refractivity contribution in [1.82, 2.24) is 0 Å². The molecule has 0 N–H and O–H groups in total. The van der Waals surface area contributed by atoms with Gasteiger partial charge in [0.2, 0.25) is 0 Å². The van der Waals surface area contributed by atoms with Crippen LogP contribution in [-0.4, -0.2) is 47.0 Å². The molecule has 0 saturated carbocycles. The maximum atomic E-state index is 12.5. The molecule has 0 amide bonds. The molecule has 0 bridgehead atoms. The molecule has 0 aliphatic rings. The van der Waals surface area contributed by atoms with Crippen molar-refractivity contribution >= 4 is 36.9 Å². The topological polar surface area (TPSA) is 54.0 Å². The Kier molecular flexibility index (Phi) is 17.3. The number of allylic oxidation sites excluding steroid dienone is 1. The van der Waals surface area contributed by atoms with Gasteiger partial charge in [-0.1, -0.05) is 79.7 Å². The Morgan fingerprint density at radius 3 is 2.37 bits per heavy atom. The zero-order valence-electron chi connectivity index (χ0n) is 23.5. The molecular formula is C28H49IO5Si. The monoisotopic (exact) mass is 620 g/mol. The van der Waals surface area contributed by atoms with Gasteiger partial charge in [-0.3, -0.25) is 0 Å². The summed E-state index contributed by atoms with van der Waals surface area (Å²) in [5.41, 5.74) is 2.36. The molecule has 0 aromatic carbocycles. The number of halogens is 1. The number of esters is 1. The van der Waals surface area contributed by atoms with Crippen molar-refractivity contribution in [2.24, 2.45) is 5.92 Å². The van der Waals surface area contributed by atoms with E-state index >= 15 is 0 Å². The fourth-order valence-electron chi connectivity index (χ4n) is 3.04. The number of rotatable bonds is 17. The smallest absolute Gasteiger partial charge is 0.330 e. The van der Waals surface area contributed by atoms with Crippen LogP contribution in [0.4, 0.5) is 0 Å². The molecular weight excluding hydrogens is 571 g/mol. The highest BCUT2D eigenvalue weighted by molar-refractivity contribution is 14.1. The predicted octanol–water partition coefficient (Wildman–Crippen LogP) is 8.13. The van der Waals surface area contributed by atoms with Crippen LogP contribution in [0.25, 0.3) is 0 Å². The molecule has 0 fully saturated rings. The van der Waals surface area contributed by atoms with Crippen LogP contribution in [-0.2, 0) is 23.4 Å². The van der Waals surface area contributed by atoms with Gasteiger partial charge < -0.3 is 18.6 Å². The summed E-state index contributed by atoms with van der Waals surface area (Å²) in [4.78, 5) is 12.5. The van der Waals surface area contributed by atoms with Gasteiger partial charge in [0.15, 0.2) is 8.32 Å². The quantitative estimate of drug-likeness (QED) is 0.0313. The normalized spacial score (nSPS) is 16.3. The van der Waals surface area contributed by atoms with Gasteiger partial charge >= 0.3 is 5.97 Å². The summed E-state index contributed by atoms with van der Waals surface area (Å²) >= 11 is 2.23. The Balaban J connectivity index is 4.98. The molecule has 0 spiro atoms.